The molecule has 0 aliphatic carbocycles. The number of imidazole rings is 1. The van der Waals surface area contributed by atoms with Crippen LogP contribution in [0.5, 0.6) is 5.75 Å². The third-order valence-electron chi connectivity index (χ3n) is 2.88. The zero-order valence-corrected chi connectivity index (χ0v) is 11.7. The highest BCUT2D eigenvalue weighted by molar-refractivity contribution is 5.86. The molecule has 20 heavy (non-hydrogen) atoms. The molecule has 5 heteroatoms. The molecule has 1 N–H and O–H groups in total. The summed E-state index contributed by atoms with van der Waals surface area (Å²) >= 11 is 0. The highest BCUT2D eigenvalue weighted by Crippen LogP contribution is 2.19. The van der Waals surface area contributed by atoms with Crippen molar-refractivity contribution in [1.82, 2.24) is 9.97 Å². The van der Waals surface area contributed by atoms with Crippen molar-refractivity contribution >= 4 is 17.0 Å². The number of aromatic amines is 1. The lowest BCUT2D eigenvalue weighted by Gasteiger charge is -2.02. The molecule has 1 heterocycles. The van der Waals surface area contributed by atoms with Gasteiger partial charge in [0.25, 0.3) is 0 Å². The number of nitrogens with zero attached hydrogens (tertiary/aromatic N) is 1. The molecule has 0 unspecified atom stereocenters. The van der Waals surface area contributed by atoms with Crippen LogP contribution in [0.1, 0.15) is 19.2 Å². The summed E-state index contributed by atoms with van der Waals surface area (Å²) in [5.74, 6) is 1.32. The van der Waals surface area contributed by atoms with Gasteiger partial charge in [-0.2, -0.15) is 0 Å². The molecular weight excluding hydrogens is 256 g/mol. The maximum atomic E-state index is 11.2. The van der Waals surface area contributed by atoms with Gasteiger partial charge in [-0.3, -0.25) is 0 Å². The van der Waals surface area contributed by atoms with Gasteiger partial charge in [0.05, 0.1) is 24.8 Å². The van der Waals surface area contributed by atoms with E-state index in [4.69, 9.17) is 9.47 Å². The van der Waals surface area contributed by atoms with Crippen LogP contribution >= 0.6 is 0 Å². The second-order valence-corrected chi connectivity index (χ2v) is 4.59. The summed E-state index contributed by atoms with van der Waals surface area (Å²) in [6.07, 6.45) is 1.44. The van der Waals surface area contributed by atoms with E-state index in [0.717, 1.165) is 35.4 Å². The van der Waals surface area contributed by atoms with Crippen LogP contribution in [-0.2, 0) is 16.0 Å². The van der Waals surface area contributed by atoms with E-state index in [1.54, 1.807) is 14.0 Å². The number of carbonyl (C=O) groups excluding carboxylic acids is 1. The fourth-order valence-electron chi connectivity index (χ4n) is 1.81. The third-order valence-corrected chi connectivity index (χ3v) is 2.88. The number of nitrogens with one attached hydrogen (secondary N) is 1. The number of carbonyl (C=O) groups is 1. The molecule has 0 aliphatic heterocycles. The first-order valence-electron chi connectivity index (χ1n) is 6.45. The second-order valence-electron chi connectivity index (χ2n) is 4.59. The first-order valence-corrected chi connectivity index (χ1v) is 6.45. The average molecular weight is 274 g/mol. The smallest absolute Gasteiger partial charge is 0.333 e. The quantitative estimate of drug-likeness (QED) is 0.499. The molecule has 2 aromatic rings. The Kier molecular flexibility index (Phi) is 4.40. The zero-order chi connectivity index (χ0) is 14.5. The van der Waals surface area contributed by atoms with Crippen LogP contribution in [0.15, 0.2) is 30.4 Å². The lowest BCUT2D eigenvalue weighted by atomic mass is 10.3. The number of rotatable bonds is 6. The van der Waals surface area contributed by atoms with Gasteiger partial charge in [-0.1, -0.05) is 6.58 Å². The van der Waals surface area contributed by atoms with Gasteiger partial charge in [-0.25, -0.2) is 9.78 Å². The Morgan fingerprint density at radius 2 is 2.25 bits per heavy atom. The molecule has 2 rings (SSSR count). The largest absolute Gasteiger partial charge is 0.497 e. The van der Waals surface area contributed by atoms with Gasteiger partial charge < -0.3 is 14.5 Å². The summed E-state index contributed by atoms with van der Waals surface area (Å²) < 4.78 is 10.2. The molecule has 1 aromatic carbocycles. The Bertz CT molecular complexity index is 631. The lowest BCUT2D eigenvalue weighted by Crippen LogP contribution is -2.07. The van der Waals surface area contributed by atoms with E-state index in [1.165, 1.54) is 0 Å². The number of hydrogen-bond acceptors (Lipinski definition) is 4. The zero-order valence-electron chi connectivity index (χ0n) is 11.7. The molecule has 0 spiro atoms. The number of benzene rings is 1. The number of aromatic nitrogens is 2. The molecule has 5 nitrogen and oxygen atoms in total. The molecule has 0 radical (unpaired) electrons. The van der Waals surface area contributed by atoms with Crippen molar-refractivity contribution in [2.45, 2.75) is 19.8 Å². The van der Waals surface area contributed by atoms with Crippen molar-refractivity contribution in [1.29, 1.82) is 0 Å². The van der Waals surface area contributed by atoms with Crippen LogP contribution in [0.4, 0.5) is 0 Å². The molecule has 0 saturated carbocycles. The SMILES string of the molecule is C=C(C)C(=O)OCCCc1nc2ccc(OC)cc2[nH]1. The standard InChI is InChI=1S/C15H18N2O3/c1-10(2)15(18)20-8-4-5-14-16-12-7-6-11(19-3)9-13(12)17-14/h6-7,9H,1,4-5,8H2,2-3H3,(H,16,17). The van der Waals surface area contributed by atoms with E-state index in [-0.39, 0.29) is 5.97 Å². The number of aryl methyl sites for hydroxylation is 1. The van der Waals surface area contributed by atoms with Gasteiger partial charge in [0, 0.05) is 18.1 Å². The van der Waals surface area contributed by atoms with Crippen LogP contribution in [0.25, 0.3) is 11.0 Å². The maximum absolute atomic E-state index is 11.2. The van der Waals surface area contributed by atoms with Gasteiger partial charge in [0.2, 0.25) is 0 Å². The monoisotopic (exact) mass is 274 g/mol. The molecule has 0 atom stereocenters. The summed E-state index contributed by atoms with van der Waals surface area (Å²) in [5, 5.41) is 0. The third kappa shape index (κ3) is 3.38. The van der Waals surface area contributed by atoms with Crippen LogP contribution in [0.2, 0.25) is 0 Å². The topological polar surface area (TPSA) is 64.2 Å². The van der Waals surface area contributed by atoms with E-state index >= 15 is 0 Å². The molecule has 0 bridgehead atoms. The van der Waals surface area contributed by atoms with E-state index in [1.807, 2.05) is 18.2 Å². The number of esters is 1. The first kappa shape index (κ1) is 14.1. The molecule has 0 fully saturated rings. The Labute approximate surface area is 117 Å². The molecule has 1 aromatic heterocycles. The van der Waals surface area contributed by atoms with Crippen LogP contribution < -0.4 is 4.74 Å². The number of H-pyrrole nitrogens is 1. The molecular formula is C15H18N2O3. The summed E-state index contributed by atoms with van der Waals surface area (Å²) in [7, 11) is 1.63. The normalized spacial score (nSPS) is 10.5. The van der Waals surface area contributed by atoms with Gasteiger partial charge in [-0.15, -0.1) is 0 Å². The van der Waals surface area contributed by atoms with Gasteiger partial charge in [0.1, 0.15) is 11.6 Å². The van der Waals surface area contributed by atoms with Gasteiger partial charge >= 0.3 is 5.97 Å². The summed E-state index contributed by atoms with van der Waals surface area (Å²) in [6.45, 7) is 5.53. The summed E-state index contributed by atoms with van der Waals surface area (Å²) in [6, 6.07) is 5.70. The minimum atomic E-state index is -0.348. The second kappa shape index (κ2) is 6.23. The summed E-state index contributed by atoms with van der Waals surface area (Å²) in [4.78, 5) is 18.9. The maximum Gasteiger partial charge on any atom is 0.333 e. The van der Waals surface area contributed by atoms with Crippen molar-refractivity contribution in [3.63, 3.8) is 0 Å². The van der Waals surface area contributed by atoms with Gasteiger partial charge in [-0.05, 0) is 25.5 Å². The minimum absolute atomic E-state index is 0.348. The molecule has 0 aliphatic rings. The molecule has 0 saturated heterocycles. The highest BCUT2D eigenvalue weighted by atomic mass is 16.5. The Balaban J connectivity index is 1.90. The first-order chi connectivity index (χ1) is 9.60. The lowest BCUT2D eigenvalue weighted by molar-refractivity contribution is -0.139. The average Bonchev–Trinajstić information content (AvgIpc) is 2.84. The van der Waals surface area contributed by atoms with Crippen molar-refractivity contribution < 1.29 is 14.3 Å². The predicted molar refractivity (Wildman–Crippen MR) is 76.7 cm³/mol. The molecule has 0 amide bonds. The van der Waals surface area contributed by atoms with Crippen molar-refractivity contribution in [3.05, 3.63) is 36.2 Å². The van der Waals surface area contributed by atoms with Crippen LogP contribution in [-0.4, -0.2) is 29.7 Å². The van der Waals surface area contributed by atoms with E-state index in [9.17, 15) is 4.79 Å². The molecule has 106 valence electrons. The Morgan fingerprint density at radius 1 is 1.45 bits per heavy atom. The summed E-state index contributed by atoms with van der Waals surface area (Å²) in [5.41, 5.74) is 2.26. The predicted octanol–water partition coefficient (Wildman–Crippen LogP) is 2.62. The fourth-order valence-corrected chi connectivity index (χ4v) is 1.81. The van der Waals surface area contributed by atoms with Crippen molar-refractivity contribution in [2.75, 3.05) is 13.7 Å². The Hall–Kier alpha value is -2.30. The van der Waals surface area contributed by atoms with E-state index in [2.05, 4.69) is 16.5 Å². The van der Waals surface area contributed by atoms with E-state index in [0.29, 0.717) is 12.2 Å². The number of ether oxygens (including phenoxy) is 2. The van der Waals surface area contributed by atoms with Crippen molar-refractivity contribution in [2.24, 2.45) is 0 Å². The number of fused-ring (bicyclic) bond motifs is 1. The minimum Gasteiger partial charge on any atom is -0.497 e. The van der Waals surface area contributed by atoms with Gasteiger partial charge in [0.15, 0.2) is 0 Å². The highest BCUT2D eigenvalue weighted by Gasteiger charge is 2.06. The van der Waals surface area contributed by atoms with Crippen LogP contribution in [0.3, 0.4) is 0 Å². The van der Waals surface area contributed by atoms with Crippen molar-refractivity contribution in [3.8, 4) is 5.75 Å². The fraction of sp³-hybridized carbons (Fsp3) is 0.333. The number of methoxy groups -OCH3 is 1. The number of hydrogen-bond donors (Lipinski definition) is 1. The van der Waals surface area contributed by atoms with E-state index < -0.39 is 0 Å². The van der Waals surface area contributed by atoms with Crippen LogP contribution in [0, 0.1) is 0 Å². The Morgan fingerprint density at radius 3 is 2.95 bits per heavy atom.